The van der Waals surface area contributed by atoms with Crippen LogP contribution in [0.3, 0.4) is 0 Å². The number of rotatable bonds is 7. The van der Waals surface area contributed by atoms with Crippen LogP contribution < -0.4 is 28.7 Å². The van der Waals surface area contributed by atoms with Gasteiger partial charge in [0.25, 0.3) is 11.7 Å². The van der Waals surface area contributed by atoms with Crippen LogP contribution in [-0.4, -0.2) is 57.8 Å². The summed E-state index contributed by atoms with van der Waals surface area (Å²) < 4.78 is 22.5. The monoisotopic (exact) mass is 530 g/mol. The van der Waals surface area contributed by atoms with Gasteiger partial charge in [-0.05, 0) is 55.0 Å². The van der Waals surface area contributed by atoms with E-state index in [1.807, 2.05) is 18.9 Å². The van der Waals surface area contributed by atoms with Gasteiger partial charge in [0.05, 0.1) is 50.4 Å². The van der Waals surface area contributed by atoms with Crippen LogP contribution in [0.4, 0.5) is 11.4 Å². The van der Waals surface area contributed by atoms with Gasteiger partial charge in [0.1, 0.15) is 23.9 Å². The third kappa shape index (κ3) is 4.50. The highest BCUT2D eigenvalue weighted by Crippen LogP contribution is 2.47. The lowest BCUT2D eigenvalue weighted by Gasteiger charge is -2.28. The largest absolute Gasteiger partial charge is 0.507 e. The first-order chi connectivity index (χ1) is 18.9. The molecule has 0 aromatic heterocycles. The number of methoxy groups -OCH3 is 2. The van der Waals surface area contributed by atoms with E-state index in [0.717, 1.165) is 5.69 Å². The number of likely N-dealkylation sites (N-methyl/N-ethyl adjacent to an activating group) is 1. The van der Waals surface area contributed by atoms with Crippen LogP contribution in [-0.2, 0) is 9.59 Å². The molecule has 9 nitrogen and oxygen atoms in total. The van der Waals surface area contributed by atoms with E-state index < -0.39 is 17.7 Å². The number of anilines is 2. The molecule has 1 fully saturated rings. The number of Topliss-reactive ketones (excluding diaryl/α,β-unsaturated/α-hetero) is 1. The summed E-state index contributed by atoms with van der Waals surface area (Å²) in [6.07, 6.45) is 0. The first-order valence-corrected chi connectivity index (χ1v) is 12.6. The number of para-hydroxylation sites is 2. The Morgan fingerprint density at radius 1 is 0.974 bits per heavy atom. The Morgan fingerprint density at radius 3 is 2.49 bits per heavy atom. The molecular weight excluding hydrogens is 500 g/mol. The van der Waals surface area contributed by atoms with Crippen molar-refractivity contribution in [2.24, 2.45) is 0 Å². The molecule has 1 saturated heterocycles. The number of benzene rings is 3. The normalized spacial score (nSPS) is 18.0. The average Bonchev–Trinajstić information content (AvgIpc) is 3.22. The highest BCUT2D eigenvalue weighted by molar-refractivity contribution is 6.52. The predicted molar refractivity (Wildman–Crippen MR) is 147 cm³/mol. The lowest BCUT2D eigenvalue weighted by molar-refractivity contribution is -0.132. The van der Waals surface area contributed by atoms with Crippen LogP contribution in [0.15, 0.2) is 66.2 Å². The number of carbonyl (C=O) groups excluding carboxylic acids is 2. The molecular formula is C30H30N2O7. The van der Waals surface area contributed by atoms with Crippen molar-refractivity contribution in [3.05, 3.63) is 77.4 Å². The molecule has 202 valence electrons. The van der Waals surface area contributed by atoms with Gasteiger partial charge in [-0.2, -0.15) is 0 Å². The molecule has 0 spiro atoms. The number of aliphatic hydroxyl groups excluding tert-OH is 1. The maximum Gasteiger partial charge on any atom is 0.300 e. The van der Waals surface area contributed by atoms with E-state index >= 15 is 0 Å². The fourth-order valence-electron chi connectivity index (χ4n) is 5.01. The minimum atomic E-state index is -0.962. The van der Waals surface area contributed by atoms with Gasteiger partial charge < -0.3 is 29.0 Å². The second-order valence-corrected chi connectivity index (χ2v) is 9.14. The van der Waals surface area contributed by atoms with Gasteiger partial charge >= 0.3 is 0 Å². The molecule has 2 heterocycles. The number of fused-ring (bicyclic) bond motifs is 1. The summed E-state index contributed by atoms with van der Waals surface area (Å²) in [4.78, 5) is 30.6. The Morgan fingerprint density at radius 2 is 1.74 bits per heavy atom. The van der Waals surface area contributed by atoms with Crippen molar-refractivity contribution in [2.45, 2.75) is 13.0 Å². The number of nitrogens with zero attached hydrogens (tertiary/aromatic N) is 2. The zero-order chi connectivity index (χ0) is 27.7. The third-order valence-electron chi connectivity index (χ3n) is 6.92. The molecule has 1 unspecified atom stereocenters. The second kappa shape index (κ2) is 10.6. The van der Waals surface area contributed by atoms with Crippen LogP contribution in [0.25, 0.3) is 5.76 Å². The number of carbonyl (C=O) groups is 2. The number of aliphatic hydroxyl groups is 1. The first-order valence-electron chi connectivity index (χ1n) is 12.6. The summed E-state index contributed by atoms with van der Waals surface area (Å²) in [5, 5.41) is 11.6. The topological polar surface area (TPSA) is 97.8 Å². The molecule has 2 aliphatic heterocycles. The van der Waals surface area contributed by atoms with E-state index in [-0.39, 0.29) is 11.3 Å². The Hall–Kier alpha value is -4.66. The Balaban J connectivity index is 1.74. The lowest BCUT2D eigenvalue weighted by Crippen LogP contribution is -2.29. The first kappa shape index (κ1) is 26.0. The molecule has 5 rings (SSSR count). The van der Waals surface area contributed by atoms with Crippen molar-refractivity contribution in [2.75, 3.05) is 50.8 Å². The van der Waals surface area contributed by atoms with Gasteiger partial charge in [0, 0.05) is 12.6 Å². The van der Waals surface area contributed by atoms with Gasteiger partial charge in [-0.15, -0.1) is 0 Å². The lowest BCUT2D eigenvalue weighted by atomic mass is 9.94. The summed E-state index contributed by atoms with van der Waals surface area (Å²) in [5.74, 6) is 0.186. The van der Waals surface area contributed by atoms with E-state index in [9.17, 15) is 14.7 Å². The quantitative estimate of drug-likeness (QED) is 0.270. The molecule has 3 aromatic carbocycles. The van der Waals surface area contributed by atoms with E-state index in [0.29, 0.717) is 59.6 Å². The van der Waals surface area contributed by atoms with E-state index in [1.165, 1.54) is 19.1 Å². The Kier molecular flexibility index (Phi) is 7.06. The number of amides is 1. The van der Waals surface area contributed by atoms with Gasteiger partial charge in [-0.25, -0.2) is 0 Å². The summed E-state index contributed by atoms with van der Waals surface area (Å²) >= 11 is 0. The van der Waals surface area contributed by atoms with Crippen LogP contribution in [0.2, 0.25) is 0 Å². The van der Waals surface area contributed by atoms with Crippen LogP contribution >= 0.6 is 0 Å². The molecule has 2 aliphatic rings. The number of hydrogen-bond acceptors (Lipinski definition) is 8. The summed E-state index contributed by atoms with van der Waals surface area (Å²) in [7, 11) is 4.96. The molecule has 1 amide bonds. The fraction of sp³-hybridized carbons (Fsp3) is 0.267. The number of ketones is 1. The van der Waals surface area contributed by atoms with Crippen LogP contribution in [0, 0.1) is 0 Å². The highest BCUT2D eigenvalue weighted by atomic mass is 16.5. The maximum atomic E-state index is 13.6. The fourth-order valence-corrected chi connectivity index (χ4v) is 5.01. The summed E-state index contributed by atoms with van der Waals surface area (Å²) in [6, 6.07) is 16.4. The van der Waals surface area contributed by atoms with Crippen molar-refractivity contribution in [3.63, 3.8) is 0 Å². The van der Waals surface area contributed by atoms with Gasteiger partial charge in [-0.3, -0.25) is 14.5 Å². The molecule has 9 heteroatoms. The van der Waals surface area contributed by atoms with Crippen molar-refractivity contribution >= 4 is 28.8 Å². The van der Waals surface area contributed by atoms with Crippen LogP contribution in [0.1, 0.15) is 24.1 Å². The molecule has 1 atom stereocenters. The molecule has 3 aromatic rings. The summed E-state index contributed by atoms with van der Waals surface area (Å²) in [5.41, 5.74) is 2.09. The molecule has 0 radical (unpaired) electrons. The highest BCUT2D eigenvalue weighted by Gasteiger charge is 2.48. The van der Waals surface area contributed by atoms with Gasteiger partial charge in [0.15, 0.2) is 11.5 Å². The zero-order valence-corrected chi connectivity index (χ0v) is 22.3. The average molecular weight is 531 g/mol. The second-order valence-electron chi connectivity index (χ2n) is 9.14. The Bertz CT molecular complexity index is 1470. The predicted octanol–water partition coefficient (Wildman–Crippen LogP) is 4.56. The molecule has 39 heavy (non-hydrogen) atoms. The molecule has 1 N–H and O–H groups in total. The molecule has 0 bridgehead atoms. The minimum absolute atomic E-state index is 0.0437. The van der Waals surface area contributed by atoms with Crippen molar-refractivity contribution in [3.8, 4) is 23.0 Å². The maximum absolute atomic E-state index is 13.6. The van der Waals surface area contributed by atoms with Crippen molar-refractivity contribution < 1.29 is 33.6 Å². The number of ether oxygens (including phenoxy) is 4. The number of hydrogen-bond donors (Lipinski definition) is 1. The van der Waals surface area contributed by atoms with E-state index in [2.05, 4.69) is 0 Å². The van der Waals surface area contributed by atoms with Crippen LogP contribution in [0.5, 0.6) is 23.0 Å². The van der Waals surface area contributed by atoms with Gasteiger partial charge in [0.2, 0.25) is 0 Å². The SMILES string of the molecule is CCOc1cc(C2/C(=C(\O)c3ccc4c(c3)N(C)CCO4)C(=O)C(=O)N2c2ccccc2OC)ccc1OC. The summed E-state index contributed by atoms with van der Waals surface area (Å²) in [6.45, 7) is 3.47. The zero-order valence-electron chi connectivity index (χ0n) is 22.3. The van der Waals surface area contributed by atoms with Crippen molar-refractivity contribution in [1.82, 2.24) is 0 Å². The minimum Gasteiger partial charge on any atom is -0.507 e. The molecule has 0 saturated carbocycles. The Labute approximate surface area is 226 Å². The van der Waals surface area contributed by atoms with E-state index in [1.54, 1.807) is 60.7 Å². The standard InChI is InChI=1S/C30H30N2O7/c1-5-38-25-17-18(10-13-24(25)37-4)27-26(28(33)19-11-12-23-21(16-19)31(2)14-15-39-23)29(34)30(35)32(27)20-8-6-7-9-22(20)36-3/h6-13,16-17,27,33H,5,14-15H2,1-4H3/b28-26+. The smallest absolute Gasteiger partial charge is 0.300 e. The van der Waals surface area contributed by atoms with E-state index in [4.69, 9.17) is 18.9 Å². The van der Waals surface area contributed by atoms with Gasteiger partial charge in [-0.1, -0.05) is 18.2 Å². The molecule has 0 aliphatic carbocycles. The third-order valence-corrected chi connectivity index (χ3v) is 6.92. The van der Waals surface area contributed by atoms with Crippen molar-refractivity contribution in [1.29, 1.82) is 0 Å².